The zero-order valence-electron chi connectivity index (χ0n) is 5.39. The SMILES string of the molecule is CCOC(N)CC.Cl. The molecule has 0 spiro atoms. The predicted octanol–water partition coefficient (Wildman–Crippen LogP) is 1.14. The zero-order chi connectivity index (χ0) is 5.70. The van der Waals surface area contributed by atoms with Crippen LogP contribution in [-0.4, -0.2) is 12.8 Å². The van der Waals surface area contributed by atoms with Crippen LogP contribution in [-0.2, 0) is 4.74 Å². The van der Waals surface area contributed by atoms with Crippen LogP contribution in [0.5, 0.6) is 0 Å². The van der Waals surface area contributed by atoms with Crippen molar-refractivity contribution in [3.05, 3.63) is 0 Å². The molecule has 52 valence electrons. The highest BCUT2D eigenvalue weighted by molar-refractivity contribution is 5.85. The van der Waals surface area contributed by atoms with Gasteiger partial charge in [0.2, 0.25) is 0 Å². The van der Waals surface area contributed by atoms with Crippen molar-refractivity contribution in [3.8, 4) is 0 Å². The number of rotatable bonds is 3. The van der Waals surface area contributed by atoms with Gasteiger partial charge in [-0.2, -0.15) is 0 Å². The minimum atomic E-state index is -0.0509. The van der Waals surface area contributed by atoms with E-state index in [0.29, 0.717) is 0 Å². The molecule has 0 saturated heterocycles. The molecule has 1 unspecified atom stereocenters. The fourth-order valence-corrected chi connectivity index (χ4v) is 0.332. The Morgan fingerprint density at radius 3 is 2.12 bits per heavy atom. The molecule has 0 aliphatic rings. The highest BCUT2D eigenvalue weighted by Gasteiger charge is 1.91. The first-order valence-corrected chi connectivity index (χ1v) is 2.68. The van der Waals surface area contributed by atoms with E-state index in [1.807, 2.05) is 13.8 Å². The summed E-state index contributed by atoms with van der Waals surface area (Å²) in [6.07, 6.45) is 0.846. The van der Waals surface area contributed by atoms with Crippen LogP contribution in [0.4, 0.5) is 0 Å². The van der Waals surface area contributed by atoms with Crippen LogP contribution in [0.15, 0.2) is 0 Å². The van der Waals surface area contributed by atoms with E-state index in [1.165, 1.54) is 0 Å². The van der Waals surface area contributed by atoms with Crippen LogP contribution < -0.4 is 5.73 Å². The Morgan fingerprint density at radius 1 is 1.50 bits per heavy atom. The molecular weight excluding hydrogens is 126 g/mol. The second-order valence-electron chi connectivity index (χ2n) is 1.40. The lowest BCUT2D eigenvalue weighted by Gasteiger charge is -2.05. The van der Waals surface area contributed by atoms with Crippen LogP contribution in [0, 0.1) is 0 Å². The Labute approximate surface area is 56.8 Å². The van der Waals surface area contributed by atoms with Crippen molar-refractivity contribution >= 4 is 12.4 Å². The third kappa shape index (κ3) is 6.21. The minimum Gasteiger partial charge on any atom is -0.364 e. The number of ether oxygens (including phenoxy) is 1. The fourth-order valence-electron chi connectivity index (χ4n) is 0.332. The third-order valence-electron chi connectivity index (χ3n) is 0.783. The maximum Gasteiger partial charge on any atom is 0.105 e. The van der Waals surface area contributed by atoms with Crippen LogP contribution in [0.1, 0.15) is 20.3 Å². The van der Waals surface area contributed by atoms with E-state index in [4.69, 9.17) is 10.5 Å². The fraction of sp³-hybridized carbons (Fsp3) is 1.00. The second-order valence-corrected chi connectivity index (χ2v) is 1.40. The summed E-state index contributed by atoms with van der Waals surface area (Å²) in [6.45, 7) is 4.66. The second kappa shape index (κ2) is 7.21. The first kappa shape index (κ1) is 11.1. The molecule has 0 bridgehead atoms. The van der Waals surface area contributed by atoms with Crippen molar-refractivity contribution in [2.75, 3.05) is 6.61 Å². The molecule has 0 aromatic rings. The maximum absolute atomic E-state index is 5.36. The summed E-state index contributed by atoms with van der Waals surface area (Å²) in [7, 11) is 0. The van der Waals surface area contributed by atoms with Crippen molar-refractivity contribution in [2.24, 2.45) is 5.73 Å². The average molecular weight is 140 g/mol. The number of hydrogen-bond donors (Lipinski definition) is 1. The maximum atomic E-state index is 5.36. The molecule has 3 heteroatoms. The molecular formula is C5H14ClNO. The normalized spacial score (nSPS) is 12.4. The van der Waals surface area contributed by atoms with E-state index in [1.54, 1.807) is 0 Å². The summed E-state index contributed by atoms with van der Waals surface area (Å²) in [5, 5.41) is 0. The monoisotopic (exact) mass is 139 g/mol. The Morgan fingerprint density at radius 2 is 2.00 bits per heavy atom. The van der Waals surface area contributed by atoms with Gasteiger partial charge < -0.3 is 10.5 Å². The molecule has 0 heterocycles. The van der Waals surface area contributed by atoms with Gasteiger partial charge in [0.05, 0.1) is 0 Å². The first-order valence-electron chi connectivity index (χ1n) is 2.68. The summed E-state index contributed by atoms with van der Waals surface area (Å²) < 4.78 is 4.97. The van der Waals surface area contributed by atoms with E-state index in [2.05, 4.69) is 0 Å². The van der Waals surface area contributed by atoms with Crippen molar-refractivity contribution in [1.29, 1.82) is 0 Å². The highest BCUT2D eigenvalue weighted by atomic mass is 35.5. The summed E-state index contributed by atoms with van der Waals surface area (Å²) in [5.74, 6) is 0. The molecule has 2 nitrogen and oxygen atoms in total. The molecule has 0 amide bonds. The standard InChI is InChI=1S/C5H13NO.ClH/c1-3-5(6)7-4-2;/h5H,3-4,6H2,1-2H3;1H. The Kier molecular flexibility index (Phi) is 9.97. The van der Waals surface area contributed by atoms with Crippen molar-refractivity contribution < 1.29 is 4.74 Å². The summed E-state index contributed by atoms with van der Waals surface area (Å²) in [6, 6.07) is 0. The van der Waals surface area contributed by atoms with Gasteiger partial charge in [0.15, 0.2) is 0 Å². The van der Waals surface area contributed by atoms with E-state index in [0.717, 1.165) is 13.0 Å². The van der Waals surface area contributed by atoms with Crippen LogP contribution in [0.3, 0.4) is 0 Å². The Balaban J connectivity index is 0. The smallest absolute Gasteiger partial charge is 0.105 e. The quantitative estimate of drug-likeness (QED) is 0.596. The Hall–Kier alpha value is 0.210. The van der Waals surface area contributed by atoms with Crippen molar-refractivity contribution in [2.45, 2.75) is 26.5 Å². The molecule has 0 aliphatic heterocycles. The summed E-state index contributed by atoms with van der Waals surface area (Å²) >= 11 is 0. The molecule has 0 aliphatic carbocycles. The molecule has 0 fully saturated rings. The van der Waals surface area contributed by atoms with Gasteiger partial charge in [-0.1, -0.05) is 6.92 Å². The zero-order valence-corrected chi connectivity index (χ0v) is 6.20. The van der Waals surface area contributed by atoms with Crippen LogP contribution in [0.2, 0.25) is 0 Å². The van der Waals surface area contributed by atoms with Crippen molar-refractivity contribution in [1.82, 2.24) is 0 Å². The molecule has 0 saturated carbocycles. The van der Waals surface area contributed by atoms with Crippen LogP contribution in [0.25, 0.3) is 0 Å². The lowest BCUT2D eigenvalue weighted by molar-refractivity contribution is 0.0652. The van der Waals surface area contributed by atoms with E-state index >= 15 is 0 Å². The van der Waals surface area contributed by atoms with E-state index in [-0.39, 0.29) is 18.6 Å². The van der Waals surface area contributed by atoms with Gasteiger partial charge in [-0.15, -0.1) is 12.4 Å². The number of hydrogen-bond acceptors (Lipinski definition) is 2. The number of nitrogens with two attached hydrogens (primary N) is 1. The molecule has 2 N–H and O–H groups in total. The van der Waals surface area contributed by atoms with Gasteiger partial charge in [-0.25, -0.2) is 0 Å². The minimum absolute atomic E-state index is 0. The largest absolute Gasteiger partial charge is 0.364 e. The molecule has 1 atom stereocenters. The van der Waals surface area contributed by atoms with Gasteiger partial charge in [-0.05, 0) is 13.3 Å². The average Bonchev–Trinajstić information content (AvgIpc) is 1.68. The lowest BCUT2D eigenvalue weighted by Crippen LogP contribution is -2.21. The lowest BCUT2D eigenvalue weighted by atomic mass is 10.4. The first-order chi connectivity index (χ1) is 3.31. The summed E-state index contributed by atoms with van der Waals surface area (Å²) in [5.41, 5.74) is 5.36. The molecule has 8 heavy (non-hydrogen) atoms. The number of halogens is 1. The summed E-state index contributed by atoms with van der Waals surface area (Å²) in [4.78, 5) is 0. The molecule has 0 radical (unpaired) electrons. The van der Waals surface area contributed by atoms with Gasteiger partial charge in [0.25, 0.3) is 0 Å². The Bertz CT molecular complexity index is 43.4. The third-order valence-corrected chi connectivity index (χ3v) is 0.783. The molecule has 0 aromatic carbocycles. The molecule has 0 aromatic heterocycles. The topological polar surface area (TPSA) is 35.2 Å². The molecule has 0 rings (SSSR count). The predicted molar refractivity (Wildman–Crippen MR) is 37.1 cm³/mol. The van der Waals surface area contributed by atoms with Gasteiger partial charge in [0, 0.05) is 6.61 Å². The van der Waals surface area contributed by atoms with Crippen molar-refractivity contribution in [3.63, 3.8) is 0 Å². The van der Waals surface area contributed by atoms with Gasteiger partial charge in [0.1, 0.15) is 6.23 Å². The van der Waals surface area contributed by atoms with E-state index in [9.17, 15) is 0 Å². The van der Waals surface area contributed by atoms with Gasteiger partial charge >= 0.3 is 0 Å². The van der Waals surface area contributed by atoms with Crippen LogP contribution >= 0.6 is 12.4 Å². The highest BCUT2D eigenvalue weighted by Crippen LogP contribution is 1.85. The van der Waals surface area contributed by atoms with E-state index < -0.39 is 0 Å². The van der Waals surface area contributed by atoms with Gasteiger partial charge in [-0.3, -0.25) is 0 Å².